The van der Waals surface area contributed by atoms with Gasteiger partial charge in [-0.25, -0.2) is 4.79 Å². The number of urea groups is 1. The highest BCUT2D eigenvalue weighted by molar-refractivity contribution is 5.74. The molecule has 16 heavy (non-hydrogen) atoms. The second-order valence-corrected chi connectivity index (χ2v) is 5.43. The quantitative estimate of drug-likeness (QED) is 0.760. The first-order valence-electron chi connectivity index (χ1n) is 6.83. The summed E-state index contributed by atoms with van der Waals surface area (Å²) < 4.78 is 0. The van der Waals surface area contributed by atoms with Gasteiger partial charge in [0, 0.05) is 12.1 Å². The molecular weight excluding hydrogens is 200 g/mol. The molecule has 0 radical (unpaired) electrons. The van der Waals surface area contributed by atoms with Crippen molar-refractivity contribution in [2.75, 3.05) is 0 Å². The van der Waals surface area contributed by atoms with Gasteiger partial charge in [-0.2, -0.15) is 0 Å². The van der Waals surface area contributed by atoms with Crippen LogP contribution in [0, 0.1) is 5.92 Å². The van der Waals surface area contributed by atoms with Crippen molar-refractivity contribution in [3.05, 3.63) is 0 Å². The third-order valence-electron chi connectivity index (χ3n) is 4.16. The molecule has 3 heteroatoms. The summed E-state index contributed by atoms with van der Waals surface area (Å²) in [5.41, 5.74) is 0. The summed E-state index contributed by atoms with van der Waals surface area (Å²) in [6.07, 6.45) is 10.2. The van der Waals surface area contributed by atoms with Gasteiger partial charge >= 0.3 is 6.03 Å². The third kappa shape index (κ3) is 3.13. The minimum Gasteiger partial charge on any atom is -0.335 e. The molecule has 0 saturated heterocycles. The first kappa shape index (κ1) is 11.7. The Kier molecular flexibility index (Phi) is 4.08. The summed E-state index contributed by atoms with van der Waals surface area (Å²) in [5.74, 6) is 0.695. The Morgan fingerprint density at radius 2 is 1.75 bits per heavy atom. The Labute approximate surface area is 98.4 Å². The Bertz CT molecular complexity index is 232. The van der Waals surface area contributed by atoms with E-state index < -0.39 is 0 Å². The average Bonchev–Trinajstić information content (AvgIpc) is 2.25. The number of nitrogens with one attached hydrogen (secondary N) is 2. The SMILES string of the molecule is CC(NC(=O)NC1CCC1)C1CCCCC1. The minimum atomic E-state index is 0.0442. The second-order valence-electron chi connectivity index (χ2n) is 5.43. The van der Waals surface area contributed by atoms with Crippen LogP contribution in [0.3, 0.4) is 0 Å². The molecule has 2 fully saturated rings. The summed E-state index contributed by atoms with van der Waals surface area (Å²) in [5, 5.41) is 6.13. The van der Waals surface area contributed by atoms with Crippen molar-refractivity contribution in [3.63, 3.8) is 0 Å². The van der Waals surface area contributed by atoms with E-state index in [4.69, 9.17) is 0 Å². The maximum Gasteiger partial charge on any atom is 0.315 e. The number of hydrogen-bond donors (Lipinski definition) is 2. The van der Waals surface area contributed by atoms with Gasteiger partial charge in [0.1, 0.15) is 0 Å². The molecule has 0 bridgehead atoms. The minimum absolute atomic E-state index is 0.0442. The third-order valence-corrected chi connectivity index (χ3v) is 4.16. The monoisotopic (exact) mass is 224 g/mol. The molecule has 2 aliphatic rings. The average molecular weight is 224 g/mol. The molecule has 0 aromatic rings. The van der Waals surface area contributed by atoms with Crippen LogP contribution in [0.4, 0.5) is 4.79 Å². The second kappa shape index (κ2) is 5.55. The number of hydrogen-bond acceptors (Lipinski definition) is 1. The molecule has 2 rings (SSSR count). The van der Waals surface area contributed by atoms with Gasteiger partial charge in [-0.05, 0) is 44.9 Å². The lowest BCUT2D eigenvalue weighted by molar-refractivity contribution is 0.214. The van der Waals surface area contributed by atoms with Crippen LogP contribution in [0.1, 0.15) is 58.3 Å². The summed E-state index contributed by atoms with van der Waals surface area (Å²) in [4.78, 5) is 11.7. The zero-order valence-corrected chi connectivity index (χ0v) is 10.3. The number of carbonyl (C=O) groups excluding carboxylic acids is 1. The fourth-order valence-corrected chi connectivity index (χ4v) is 2.74. The van der Waals surface area contributed by atoms with Crippen LogP contribution in [0.5, 0.6) is 0 Å². The summed E-state index contributed by atoms with van der Waals surface area (Å²) in [6.45, 7) is 2.15. The molecular formula is C13H24N2O. The molecule has 3 nitrogen and oxygen atoms in total. The lowest BCUT2D eigenvalue weighted by Crippen LogP contribution is -2.49. The van der Waals surface area contributed by atoms with E-state index in [1.54, 1.807) is 0 Å². The number of carbonyl (C=O) groups is 1. The zero-order chi connectivity index (χ0) is 11.4. The maximum absolute atomic E-state index is 11.7. The van der Waals surface area contributed by atoms with Gasteiger partial charge in [-0.1, -0.05) is 19.3 Å². The van der Waals surface area contributed by atoms with Gasteiger partial charge < -0.3 is 10.6 Å². The van der Waals surface area contributed by atoms with Crippen LogP contribution in [0.2, 0.25) is 0 Å². The van der Waals surface area contributed by atoms with E-state index in [-0.39, 0.29) is 6.03 Å². The first-order chi connectivity index (χ1) is 7.75. The van der Waals surface area contributed by atoms with Gasteiger partial charge in [0.05, 0.1) is 0 Å². The van der Waals surface area contributed by atoms with Crippen LogP contribution in [-0.4, -0.2) is 18.1 Å². The molecule has 1 unspecified atom stereocenters. The van der Waals surface area contributed by atoms with Crippen LogP contribution in [0.25, 0.3) is 0 Å². The molecule has 92 valence electrons. The predicted molar refractivity (Wildman–Crippen MR) is 65.3 cm³/mol. The van der Waals surface area contributed by atoms with Crippen LogP contribution in [-0.2, 0) is 0 Å². The molecule has 0 aromatic heterocycles. The molecule has 0 heterocycles. The molecule has 2 saturated carbocycles. The topological polar surface area (TPSA) is 41.1 Å². The Hall–Kier alpha value is -0.730. The Morgan fingerprint density at radius 1 is 1.06 bits per heavy atom. The van der Waals surface area contributed by atoms with Gasteiger partial charge in [-0.3, -0.25) is 0 Å². The zero-order valence-electron chi connectivity index (χ0n) is 10.3. The van der Waals surface area contributed by atoms with Crippen molar-refractivity contribution in [1.29, 1.82) is 0 Å². The Morgan fingerprint density at radius 3 is 2.31 bits per heavy atom. The molecule has 2 aliphatic carbocycles. The highest BCUT2D eigenvalue weighted by atomic mass is 16.2. The Balaban J connectivity index is 1.68. The van der Waals surface area contributed by atoms with Gasteiger partial charge in [0.15, 0.2) is 0 Å². The van der Waals surface area contributed by atoms with Gasteiger partial charge in [0.2, 0.25) is 0 Å². The number of amides is 2. The van der Waals surface area contributed by atoms with E-state index in [1.165, 1.54) is 38.5 Å². The van der Waals surface area contributed by atoms with Crippen molar-refractivity contribution < 1.29 is 4.79 Å². The fourth-order valence-electron chi connectivity index (χ4n) is 2.74. The van der Waals surface area contributed by atoms with Crippen molar-refractivity contribution in [2.45, 2.75) is 70.4 Å². The summed E-state index contributed by atoms with van der Waals surface area (Å²) in [6, 6.07) is 0.821. The molecule has 0 aliphatic heterocycles. The van der Waals surface area contributed by atoms with E-state index in [0.29, 0.717) is 18.0 Å². The van der Waals surface area contributed by atoms with E-state index >= 15 is 0 Å². The van der Waals surface area contributed by atoms with Gasteiger partial charge in [-0.15, -0.1) is 0 Å². The smallest absolute Gasteiger partial charge is 0.315 e. The first-order valence-corrected chi connectivity index (χ1v) is 6.83. The highest BCUT2D eigenvalue weighted by Crippen LogP contribution is 2.26. The van der Waals surface area contributed by atoms with Crippen LogP contribution >= 0.6 is 0 Å². The van der Waals surface area contributed by atoms with E-state index in [9.17, 15) is 4.79 Å². The van der Waals surface area contributed by atoms with Crippen molar-refractivity contribution in [3.8, 4) is 0 Å². The van der Waals surface area contributed by atoms with Crippen molar-refractivity contribution in [1.82, 2.24) is 10.6 Å². The molecule has 0 aromatic carbocycles. The fraction of sp³-hybridized carbons (Fsp3) is 0.923. The van der Waals surface area contributed by atoms with Crippen LogP contribution in [0.15, 0.2) is 0 Å². The standard InChI is InChI=1S/C13H24N2O/c1-10(11-6-3-2-4-7-11)14-13(16)15-12-8-5-9-12/h10-12H,2-9H2,1H3,(H2,14,15,16). The molecule has 1 atom stereocenters. The van der Waals surface area contributed by atoms with Crippen LogP contribution < -0.4 is 10.6 Å². The lowest BCUT2D eigenvalue weighted by atomic mass is 9.84. The van der Waals surface area contributed by atoms with E-state index in [0.717, 1.165) is 12.8 Å². The maximum atomic E-state index is 11.7. The van der Waals surface area contributed by atoms with Gasteiger partial charge in [0.25, 0.3) is 0 Å². The summed E-state index contributed by atoms with van der Waals surface area (Å²) >= 11 is 0. The van der Waals surface area contributed by atoms with Crippen molar-refractivity contribution in [2.24, 2.45) is 5.92 Å². The predicted octanol–water partition coefficient (Wildman–Crippen LogP) is 2.81. The lowest BCUT2D eigenvalue weighted by Gasteiger charge is -2.31. The highest BCUT2D eigenvalue weighted by Gasteiger charge is 2.23. The summed E-state index contributed by atoms with van der Waals surface area (Å²) in [7, 11) is 0. The molecule has 0 spiro atoms. The van der Waals surface area contributed by atoms with E-state index in [1.807, 2.05) is 0 Å². The number of rotatable bonds is 3. The van der Waals surface area contributed by atoms with E-state index in [2.05, 4.69) is 17.6 Å². The van der Waals surface area contributed by atoms with Crippen molar-refractivity contribution >= 4 is 6.03 Å². The normalized spacial score (nSPS) is 24.6. The molecule has 2 amide bonds. The molecule has 2 N–H and O–H groups in total. The largest absolute Gasteiger partial charge is 0.335 e.